The molecule has 112 valence electrons. The third-order valence-corrected chi connectivity index (χ3v) is 2.86. The topological polar surface area (TPSA) is 108 Å². The Hall–Kier alpha value is -2.58. The third-order valence-electron chi connectivity index (χ3n) is 2.86. The molecule has 1 aromatic rings. The number of hydrogen-bond donors (Lipinski definition) is 3. The number of hydrogen-bond acceptors (Lipinski definition) is 5. The van der Waals surface area contributed by atoms with Gasteiger partial charge < -0.3 is 15.9 Å². The van der Waals surface area contributed by atoms with E-state index >= 15 is 0 Å². The number of nitrogens with zero attached hydrogens (tertiary/aromatic N) is 2. The molecular weight excluding hydrogens is 291 g/mol. The number of benzene rings is 1. The van der Waals surface area contributed by atoms with Gasteiger partial charge in [-0.25, -0.2) is 4.79 Å². The lowest BCUT2D eigenvalue weighted by atomic mass is 10.1. The van der Waals surface area contributed by atoms with Crippen LogP contribution in [0.2, 0.25) is 0 Å². The highest BCUT2D eigenvalue weighted by molar-refractivity contribution is 6.08. The van der Waals surface area contributed by atoms with E-state index < -0.39 is 12.1 Å². The van der Waals surface area contributed by atoms with Crippen molar-refractivity contribution in [1.82, 2.24) is 0 Å². The van der Waals surface area contributed by atoms with Crippen molar-refractivity contribution in [3.8, 4) is 5.75 Å². The summed E-state index contributed by atoms with van der Waals surface area (Å²) < 4.78 is 31.7. The summed E-state index contributed by atoms with van der Waals surface area (Å²) in [5, 5.41) is 18.6. The fourth-order valence-electron chi connectivity index (χ4n) is 1.92. The summed E-state index contributed by atoms with van der Waals surface area (Å²) in [4.78, 5) is 17.4. The second-order valence-electron chi connectivity index (χ2n) is 4.28. The van der Waals surface area contributed by atoms with Gasteiger partial charge in [-0.1, -0.05) is 0 Å². The van der Waals surface area contributed by atoms with Crippen LogP contribution in [0, 0.1) is 0 Å². The number of rotatable bonds is 0. The number of aromatic hydroxyl groups is 1. The van der Waals surface area contributed by atoms with Crippen molar-refractivity contribution in [3.05, 3.63) is 16.6 Å². The Bertz CT molecular complexity index is 754. The monoisotopic (exact) mass is 301 g/mol. The molecule has 2 aliphatic heterocycles. The van der Waals surface area contributed by atoms with Crippen molar-refractivity contribution in [2.45, 2.75) is 12.6 Å². The second kappa shape index (κ2) is 5.08. The minimum Gasteiger partial charge on any atom is -0.504 e. The van der Waals surface area contributed by atoms with Crippen molar-refractivity contribution in [2.24, 2.45) is 9.98 Å². The van der Waals surface area contributed by atoms with Crippen LogP contribution in [0.4, 0.5) is 24.5 Å². The predicted octanol–water partition coefficient (Wildman–Crippen LogP) is 0.498. The number of halogens is 3. The molecule has 0 fully saturated rings. The van der Waals surface area contributed by atoms with Crippen LogP contribution in [0.15, 0.2) is 16.1 Å². The van der Waals surface area contributed by atoms with Crippen molar-refractivity contribution in [3.63, 3.8) is 0 Å². The SMILES string of the molecule is Nc1cc2c3c(c1O)N=CC=3CCN=2.O=C(O)C(F)(F)F. The van der Waals surface area contributed by atoms with Crippen molar-refractivity contribution in [1.29, 1.82) is 0 Å². The zero-order valence-electron chi connectivity index (χ0n) is 10.5. The summed E-state index contributed by atoms with van der Waals surface area (Å²) in [5.41, 5.74) is 7.73. The standard InChI is InChI=1S/C10H9N3O.C2HF3O2/c11-6-3-7-8-5(1-2-12-7)4-13-9(8)10(6)14;3-2(4,5)1(6)7/h3-4,14H,1-2,11H2;(H,6,7). The first-order valence-electron chi connectivity index (χ1n) is 5.75. The number of aliphatic carboxylic acids is 1. The number of phenols is 1. The van der Waals surface area contributed by atoms with E-state index in [9.17, 15) is 18.3 Å². The Morgan fingerprint density at radius 1 is 1.38 bits per heavy atom. The van der Waals surface area contributed by atoms with Crippen LogP contribution < -0.4 is 16.3 Å². The van der Waals surface area contributed by atoms with Crippen molar-refractivity contribution in [2.75, 3.05) is 12.3 Å². The summed E-state index contributed by atoms with van der Waals surface area (Å²) in [6, 6.07) is 1.71. The van der Waals surface area contributed by atoms with Gasteiger partial charge in [0.15, 0.2) is 5.75 Å². The Morgan fingerprint density at radius 2 is 2.00 bits per heavy atom. The molecule has 0 saturated heterocycles. The summed E-state index contributed by atoms with van der Waals surface area (Å²) in [5.74, 6) is -2.68. The minimum absolute atomic E-state index is 0.0760. The van der Waals surface area contributed by atoms with Gasteiger partial charge >= 0.3 is 12.1 Å². The summed E-state index contributed by atoms with van der Waals surface area (Å²) in [6.07, 6.45) is -2.39. The average molecular weight is 301 g/mol. The van der Waals surface area contributed by atoms with Crippen molar-refractivity contribution < 1.29 is 28.2 Å². The largest absolute Gasteiger partial charge is 0.504 e. The van der Waals surface area contributed by atoms with Crippen molar-refractivity contribution >= 4 is 29.1 Å². The van der Waals surface area contributed by atoms with E-state index in [0.717, 1.165) is 29.1 Å². The molecule has 0 bridgehead atoms. The van der Waals surface area contributed by atoms with Gasteiger partial charge in [0.05, 0.1) is 11.0 Å². The van der Waals surface area contributed by atoms with E-state index in [0.29, 0.717) is 11.4 Å². The quantitative estimate of drug-likeness (QED) is 0.479. The number of alkyl halides is 3. The molecule has 1 aromatic carbocycles. The molecule has 2 heterocycles. The molecule has 2 aliphatic rings. The molecule has 9 heteroatoms. The van der Waals surface area contributed by atoms with Gasteiger partial charge in [-0.15, -0.1) is 0 Å². The van der Waals surface area contributed by atoms with Crippen LogP contribution in [0.5, 0.6) is 5.75 Å². The highest BCUT2D eigenvalue weighted by Gasteiger charge is 2.38. The van der Waals surface area contributed by atoms with Crippen LogP contribution in [-0.4, -0.2) is 35.1 Å². The number of carboxylic acids is 1. The van der Waals surface area contributed by atoms with Gasteiger partial charge in [0.25, 0.3) is 0 Å². The molecular formula is C12H10F3N3O3. The number of nitrogens with two attached hydrogens (primary N) is 1. The second-order valence-corrected chi connectivity index (χ2v) is 4.28. The van der Waals surface area contributed by atoms with E-state index in [1.54, 1.807) is 12.3 Å². The smallest absolute Gasteiger partial charge is 0.490 e. The number of anilines is 1. The Balaban J connectivity index is 0.000000199. The summed E-state index contributed by atoms with van der Waals surface area (Å²) >= 11 is 0. The lowest BCUT2D eigenvalue weighted by Crippen LogP contribution is -2.30. The van der Waals surface area contributed by atoms with E-state index in [4.69, 9.17) is 15.6 Å². The highest BCUT2D eigenvalue weighted by Crippen LogP contribution is 2.30. The molecule has 0 amide bonds. The lowest BCUT2D eigenvalue weighted by Gasteiger charge is -2.06. The molecule has 6 nitrogen and oxygen atoms in total. The fourth-order valence-corrected chi connectivity index (χ4v) is 1.92. The molecule has 0 saturated carbocycles. The summed E-state index contributed by atoms with van der Waals surface area (Å²) in [6.45, 7) is 0.776. The Labute approximate surface area is 115 Å². The van der Waals surface area contributed by atoms with Crippen LogP contribution in [0.3, 0.4) is 0 Å². The molecule has 3 rings (SSSR count). The maximum Gasteiger partial charge on any atom is 0.490 e. The fraction of sp³-hybridized carbons (Fsp3) is 0.250. The molecule has 0 aromatic heterocycles. The molecule has 0 atom stereocenters. The highest BCUT2D eigenvalue weighted by atomic mass is 19.4. The molecule has 4 N–H and O–H groups in total. The van der Waals surface area contributed by atoms with Gasteiger partial charge in [0.1, 0.15) is 5.69 Å². The number of nitrogen functional groups attached to an aromatic ring is 1. The summed E-state index contributed by atoms with van der Waals surface area (Å²) in [7, 11) is 0. The first-order valence-corrected chi connectivity index (χ1v) is 5.75. The van der Waals surface area contributed by atoms with E-state index in [2.05, 4.69) is 9.98 Å². The molecule has 0 radical (unpaired) electrons. The maximum atomic E-state index is 10.6. The van der Waals surface area contributed by atoms with E-state index in [-0.39, 0.29) is 5.75 Å². The Kier molecular flexibility index (Phi) is 3.58. The zero-order valence-corrected chi connectivity index (χ0v) is 10.5. The third kappa shape index (κ3) is 2.81. The van der Waals surface area contributed by atoms with E-state index in [1.165, 1.54) is 0 Å². The number of aliphatic imine (C=N–C) groups is 1. The van der Waals surface area contributed by atoms with E-state index in [1.807, 2.05) is 0 Å². The Morgan fingerprint density at radius 3 is 2.57 bits per heavy atom. The zero-order chi connectivity index (χ0) is 15.8. The van der Waals surface area contributed by atoms with Crippen LogP contribution in [0.1, 0.15) is 6.42 Å². The first kappa shape index (κ1) is 14.8. The molecule has 21 heavy (non-hydrogen) atoms. The molecule has 0 unspecified atom stereocenters. The number of carboxylic acid groups (broad SMARTS) is 1. The first-order chi connectivity index (χ1) is 9.71. The van der Waals surface area contributed by atoms with Crippen LogP contribution in [0.25, 0.3) is 5.57 Å². The predicted molar refractivity (Wildman–Crippen MR) is 68.0 cm³/mol. The van der Waals surface area contributed by atoms with Gasteiger partial charge in [0, 0.05) is 18.0 Å². The number of carbonyl (C=O) groups is 1. The van der Waals surface area contributed by atoms with Gasteiger partial charge in [-0.2, -0.15) is 13.2 Å². The lowest BCUT2D eigenvalue weighted by molar-refractivity contribution is -0.192. The van der Waals surface area contributed by atoms with Crippen LogP contribution >= 0.6 is 0 Å². The van der Waals surface area contributed by atoms with Gasteiger partial charge in [-0.05, 0) is 18.1 Å². The van der Waals surface area contributed by atoms with Crippen LogP contribution in [-0.2, 0) is 4.79 Å². The minimum atomic E-state index is -5.08. The molecule has 0 spiro atoms. The number of phenolic OH excluding ortho intramolecular Hbond substituents is 1. The van der Waals surface area contributed by atoms with Gasteiger partial charge in [0.2, 0.25) is 0 Å². The van der Waals surface area contributed by atoms with Gasteiger partial charge in [-0.3, -0.25) is 9.98 Å². The average Bonchev–Trinajstić information content (AvgIpc) is 2.81. The molecule has 0 aliphatic carbocycles. The normalized spacial score (nSPS) is 14.9. The maximum absolute atomic E-state index is 10.6.